The second-order valence-electron chi connectivity index (χ2n) is 6.77. The standard InChI is InChI=1S/C17H12F6N6O.C2HF3O2/c18-12-3-10(9-1-2-13(25-5-9)17(21,22)23)6-26-15(12)28-8-27-29(16(28)30)7-11(4-24)14(19)20;3-2(4,5)1(6)7/h1-3,5-6,8H,4,7,24H2;(H,6,7). The zero-order valence-corrected chi connectivity index (χ0v) is 17.9. The van der Waals surface area contributed by atoms with Crippen molar-refractivity contribution in [1.82, 2.24) is 24.3 Å². The Morgan fingerprint density at radius 3 is 2.05 bits per heavy atom. The van der Waals surface area contributed by atoms with Gasteiger partial charge in [-0.25, -0.2) is 28.2 Å². The van der Waals surface area contributed by atoms with Crippen LogP contribution in [-0.4, -0.2) is 48.1 Å². The maximum atomic E-state index is 14.5. The van der Waals surface area contributed by atoms with Gasteiger partial charge in [0.15, 0.2) is 11.6 Å². The lowest BCUT2D eigenvalue weighted by Gasteiger charge is -2.08. The van der Waals surface area contributed by atoms with Crippen LogP contribution in [0.25, 0.3) is 16.9 Å². The molecule has 3 rings (SSSR count). The number of rotatable bonds is 5. The average molecular weight is 544 g/mol. The number of hydrogen-bond acceptors (Lipinski definition) is 6. The summed E-state index contributed by atoms with van der Waals surface area (Å²) in [6.07, 6.45) is -8.80. The molecule has 0 amide bonds. The van der Waals surface area contributed by atoms with Gasteiger partial charge in [-0.3, -0.25) is 4.98 Å². The van der Waals surface area contributed by atoms with E-state index in [0.29, 0.717) is 9.25 Å². The highest BCUT2D eigenvalue weighted by molar-refractivity contribution is 5.73. The molecule has 0 fully saturated rings. The van der Waals surface area contributed by atoms with Crippen molar-refractivity contribution >= 4 is 5.97 Å². The first-order valence-electron chi connectivity index (χ1n) is 9.43. The third-order valence-electron chi connectivity index (χ3n) is 4.27. The van der Waals surface area contributed by atoms with E-state index in [1.807, 2.05) is 0 Å². The first kappa shape index (κ1) is 29.0. The molecule has 200 valence electrons. The van der Waals surface area contributed by atoms with E-state index in [4.69, 9.17) is 15.6 Å². The van der Waals surface area contributed by atoms with Crippen molar-refractivity contribution in [2.75, 3.05) is 6.54 Å². The highest BCUT2D eigenvalue weighted by Crippen LogP contribution is 2.29. The highest BCUT2D eigenvalue weighted by atomic mass is 19.4. The molecular formula is C19H13F9N6O3. The monoisotopic (exact) mass is 544 g/mol. The molecule has 0 saturated heterocycles. The third-order valence-corrected chi connectivity index (χ3v) is 4.27. The molecule has 0 aromatic carbocycles. The summed E-state index contributed by atoms with van der Waals surface area (Å²) in [5, 5.41) is 10.8. The smallest absolute Gasteiger partial charge is 0.475 e. The van der Waals surface area contributed by atoms with Gasteiger partial charge in [0.05, 0.1) is 6.54 Å². The van der Waals surface area contributed by atoms with Crippen LogP contribution in [0.1, 0.15) is 5.69 Å². The van der Waals surface area contributed by atoms with E-state index < -0.39 is 66.1 Å². The topological polar surface area (TPSA) is 129 Å². The molecule has 0 unspecified atom stereocenters. The predicted molar refractivity (Wildman–Crippen MR) is 106 cm³/mol. The van der Waals surface area contributed by atoms with E-state index in [1.165, 1.54) is 0 Å². The number of nitrogens with two attached hydrogens (primary N) is 1. The van der Waals surface area contributed by atoms with Crippen LogP contribution in [0.5, 0.6) is 0 Å². The van der Waals surface area contributed by atoms with Crippen LogP contribution in [0.4, 0.5) is 39.5 Å². The molecule has 0 radical (unpaired) electrons. The van der Waals surface area contributed by atoms with Crippen molar-refractivity contribution in [2.45, 2.75) is 18.9 Å². The number of nitrogens with zero attached hydrogens (tertiary/aromatic N) is 5. The zero-order valence-electron chi connectivity index (χ0n) is 17.9. The Balaban J connectivity index is 0.000000604. The van der Waals surface area contributed by atoms with E-state index in [9.17, 15) is 44.3 Å². The fourth-order valence-corrected chi connectivity index (χ4v) is 2.47. The second-order valence-corrected chi connectivity index (χ2v) is 6.77. The lowest BCUT2D eigenvalue weighted by Crippen LogP contribution is -2.27. The van der Waals surface area contributed by atoms with Gasteiger partial charge in [-0.15, -0.1) is 0 Å². The number of pyridine rings is 2. The molecule has 0 saturated carbocycles. The van der Waals surface area contributed by atoms with Gasteiger partial charge < -0.3 is 10.8 Å². The number of aliphatic carboxylic acids is 1. The lowest BCUT2D eigenvalue weighted by molar-refractivity contribution is -0.192. The molecule has 37 heavy (non-hydrogen) atoms. The molecule has 3 heterocycles. The Labute approximate surface area is 199 Å². The van der Waals surface area contributed by atoms with Crippen molar-refractivity contribution < 1.29 is 49.4 Å². The first-order chi connectivity index (χ1) is 17.1. The normalized spacial score (nSPS) is 11.5. The van der Waals surface area contributed by atoms with E-state index in [2.05, 4.69) is 15.1 Å². The molecule has 9 nitrogen and oxygen atoms in total. The SMILES string of the molecule is NCC(Cn1ncn(-c2ncc(-c3ccc(C(F)(F)F)nc3)cc2F)c1=O)=C(F)F.O=C(O)C(F)(F)F. The number of aromatic nitrogens is 5. The van der Waals surface area contributed by atoms with Crippen LogP contribution < -0.4 is 11.4 Å². The molecule has 3 aromatic heterocycles. The largest absolute Gasteiger partial charge is 0.490 e. The van der Waals surface area contributed by atoms with Gasteiger partial charge >= 0.3 is 24.0 Å². The highest BCUT2D eigenvalue weighted by Gasteiger charge is 2.38. The Morgan fingerprint density at radius 2 is 1.62 bits per heavy atom. The number of carboxylic acids is 1. The molecule has 0 aliphatic rings. The number of hydrogen-bond donors (Lipinski definition) is 2. The van der Waals surface area contributed by atoms with Crippen molar-refractivity contribution in [3.63, 3.8) is 0 Å². The van der Waals surface area contributed by atoms with Gasteiger partial charge in [-0.1, -0.05) is 6.07 Å². The van der Waals surface area contributed by atoms with Gasteiger partial charge in [-0.2, -0.15) is 40.2 Å². The molecule has 3 N–H and O–H groups in total. The Bertz CT molecular complexity index is 1340. The maximum absolute atomic E-state index is 14.5. The van der Waals surface area contributed by atoms with Crippen LogP contribution in [0.15, 0.2) is 53.4 Å². The van der Waals surface area contributed by atoms with E-state index in [0.717, 1.165) is 36.9 Å². The maximum Gasteiger partial charge on any atom is 0.490 e. The molecule has 0 aliphatic carbocycles. The van der Waals surface area contributed by atoms with Gasteiger partial charge in [0, 0.05) is 35.6 Å². The summed E-state index contributed by atoms with van der Waals surface area (Å²) in [6, 6.07) is 2.79. The number of carbonyl (C=O) groups is 1. The Morgan fingerprint density at radius 1 is 1.03 bits per heavy atom. The molecule has 0 atom stereocenters. The van der Waals surface area contributed by atoms with E-state index in [1.54, 1.807) is 0 Å². The summed E-state index contributed by atoms with van der Waals surface area (Å²) >= 11 is 0. The van der Waals surface area contributed by atoms with E-state index >= 15 is 0 Å². The van der Waals surface area contributed by atoms with Crippen LogP contribution in [0.3, 0.4) is 0 Å². The number of alkyl halides is 6. The van der Waals surface area contributed by atoms with Gasteiger partial charge in [0.25, 0.3) is 6.08 Å². The third kappa shape index (κ3) is 7.38. The fraction of sp³-hybridized carbons (Fsp3) is 0.211. The Hall–Kier alpha value is -4.22. The summed E-state index contributed by atoms with van der Waals surface area (Å²) < 4.78 is 111. The molecular weight excluding hydrogens is 531 g/mol. The lowest BCUT2D eigenvalue weighted by atomic mass is 10.1. The molecule has 3 aromatic rings. The predicted octanol–water partition coefficient (Wildman–Crippen LogP) is 3.39. The quantitative estimate of drug-likeness (QED) is 0.472. The van der Waals surface area contributed by atoms with Crippen molar-refractivity contribution in [1.29, 1.82) is 0 Å². The van der Waals surface area contributed by atoms with Crippen LogP contribution in [-0.2, 0) is 17.5 Å². The van der Waals surface area contributed by atoms with Crippen LogP contribution in [0, 0.1) is 5.82 Å². The fourth-order valence-electron chi connectivity index (χ4n) is 2.47. The average Bonchev–Trinajstić information content (AvgIpc) is 3.16. The van der Waals surface area contributed by atoms with Crippen molar-refractivity contribution in [3.05, 3.63) is 70.6 Å². The van der Waals surface area contributed by atoms with Crippen molar-refractivity contribution in [3.8, 4) is 16.9 Å². The van der Waals surface area contributed by atoms with Crippen molar-refractivity contribution in [2.24, 2.45) is 5.73 Å². The van der Waals surface area contributed by atoms with Crippen LogP contribution >= 0.6 is 0 Å². The van der Waals surface area contributed by atoms with Gasteiger partial charge in [-0.05, 0) is 12.1 Å². The number of halogens is 9. The van der Waals surface area contributed by atoms with Gasteiger partial charge in [0.2, 0.25) is 0 Å². The summed E-state index contributed by atoms with van der Waals surface area (Å²) in [7, 11) is 0. The minimum absolute atomic E-state index is 0.116. The summed E-state index contributed by atoms with van der Waals surface area (Å²) in [5.74, 6) is -4.21. The Kier molecular flexibility index (Phi) is 8.81. The minimum atomic E-state index is -5.08. The number of carboxylic acid groups (broad SMARTS) is 1. The molecule has 18 heteroatoms. The summed E-state index contributed by atoms with van der Waals surface area (Å²) in [6.45, 7) is -1.08. The van der Waals surface area contributed by atoms with E-state index in [-0.39, 0.29) is 11.1 Å². The summed E-state index contributed by atoms with van der Waals surface area (Å²) in [5.41, 5.74) is 2.92. The zero-order chi connectivity index (χ0) is 28.1. The first-order valence-corrected chi connectivity index (χ1v) is 9.43. The minimum Gasteiger partial charge on any atom is -0.475 e. The molecule has 0 aliphatic heterocycles. The molecule has 0 bridgehead atoms. The molecule has 0 spiro atoms. The van der Waals surface area contributed by atoms with Gasteiger partial charge in [0.1, 0.15) is 12.0 Å². The second kappa shape index (κ2) is 11.2. The van der Waals surface area contributed by atoms with Crippen LogP contribution in [0.2, 0.25) is 0 Å². The summed E-state index contributed by atoms with van der Waals surface area (Å²) in [4.78, 5) is 28.3.